The summed E-state index contributed by atoms with van der Waals surface area (Å²) in [7, 11) is 1.59. The molecule has 1 aliphatic heterocycles. The van der Waals surface area contributed by atoms with Gasteiger partial charge in [-0.1, -0.05) is 6.92 Å². The van der Waals surface area contributed by atoms with Crippen molar-refractivity contribution < 1.29 is 14.3 Å². The first-order valence-corrected chi connectivity index (χ1v) is 9.57. The van der Waals surface area contributed by atoms with Crippen LogP contribution in [0.15, 0.2) is 35.8 Å². The van der Waals surface area contributed by atoms with Gasteiger partial charge < -0.3 is 14.5 Å². The maximum absolute atomic E-state index is 12.7. The third kappa shape index (κ3) is 4.22. The lowest BCUT2D eigenvalue weighted by Crippen LogP contribution is -2.50. The second kappa shape index (κ2) is 8.31. The van der Waals surface area contributed by atoms with Crippen molar-refractivity contribution in [2.24, 2.45) is 5.92 Å². The maximum Gasteiger partial charge on any atom is 0.225 e. The van der Waals surface area contributed by atoms with E-state index < -0.39 is 0 Å². The standard InChI is InChI=1S/C19H23N3O3S/c1-14(13-17(23)15-3-5-16(25-2)6-4-15)18(24)21-8-10-22(11-9-21)19-20-7-12-26-19/h3-7,12,14H,8-11,13H2,1-2H3/t14-/m1/s1. The van der Waals surface area contributed by atoms with E-state index in [0.29, 0.717) is 24.4 Å². The zero-order valence-corrected chi connectivity index (χ0v) is 15.9. The molecule has 6 nitrogen and oxygen atoms in total. The molecule has 0 N–H and O–H groups in total. The Morgan fingerprint density at radius 1 is 1.19 bits per heavy atom. The normalized spacial score (nSPS) is 15.6. The minimum absolute atomic E-state index is 0.0186. The van der Waals surface area contributed by atoms with E-state index in [9.17, 15) is 9.59 Å². The number of ether oxygens (including phenoxy) is 1. The van der Waals surface area contributed by atoms with Crippen molar-refractivity contribution in [1.82, 2.24) is 9.88 Å². The third-order valence-corrected chi connectivity index (χ3v) is 5.44. The summed E-state index contributed by atoms with van der Waals surface area (Å²) in [5.41, 5.74) is 0.610. The van der Waals surface area contributed by atoms with Crippen LogP contribution in [0.5, 0.6) is 5.75 Å². The van der Waals surface area contributed by atoms with Crippen LogP contribution in [0.2, 0.25) is 0 Å². The maximum atomic E-state index is 12.7. The fourth-order valence-electron chi connectivity index (χ4n) is 3.06. The van der Waals surface area contributed by atoms with Gasteiger partial charge in [0.1, 0.15) is 5.75 Å². The number of hydrogen-bond donors (Lipinski definition) is 0. The first-order valence-electron chi connectivity index (χ1n) is 8.69. The van der Waals surface area contributed by atoms with Gasteiger partial charge in [0, 0.05) is 55.7 Å². The van der Waals surface area contributed by atoms with Gasteiger partial charge in [0.2, 0.25) is 5.91 Å². The molecule has 0 bridgehead atoms. The summed E-state index contributed by atoms with van der Waals surface area (Å²) < 4.78 is 5.10. The number of rotatable bonds is 6. The Balaban J connectivity index is 1.52. The molecule has 1 aromatic carbocycles. The number of thiazole rings is 1. The zero-order chi connectivity index (χ0) is 18.5. The first-order chi connectivity index (χ1) is 12.6. The second-order valence-corrected chi connectivity index (χ2v) is 7.26. The van der Waals surface area contributed by atoms with Crippen LogP contribution < -0.4 is 9.64 Å². The molecule has 0 radical (unpaired) electrons. The molecule has 26 heavy (non-hydrogen) atoms. The Morgan fingerprint density at radius 2 is 1.88 bits per heavy atom. The Labute approximate surface area is 157 Å². The Morgan fingerprint density at radius 3 is 2.46 bits per heavy atom. The fourth-order valence-corrected chi connectivity index (χ4v) is 3.76. The van der Waals surface area contributed by atoms with Gasteiger partial charge in [-0.05, 0) is 24.3 Å². The minimum atomic E-state index is -0.323. The number of anilines is 1. The highest BCUT2D eigenvalue weighted by molar-refractivity contribution is 7.13. The molecule has 2 aromatic rings. The van der Waals surface area contributed by atoms with Crippen LogP contribution in [-0.2, 0) is 4.79 Å². The molecule has 0 spiro atoms. The first kappa shape index (κ1) is 18.4. The van der Waals surface area contributed by atoms with Crippen molar-refractivity contribution in [3.63, 3.8) is 0 Å². The summed E-state index contributed by atoms with van der Waals surface area (Å²) in [4.78, 5) is 33.5. The summed E-state index contributed by atoms with van der Waals surface area (Å²) in [6.07, 6.45) is 2.02. The summed E-state index contributed by atoms with van der Waals surface area (Å²) in [5.74, 6) is 0.417. The average Bonchev–Trinajstić information content (AvgIpc) is 3.22. The molecule has 1 aromatic heterocycles. The van der Waals surface area contributed by atoms with Crippen LogP contribution in [0, 0.1) is 5.92 Å². The van der Waals surface area contributed by atoms with Gasteiger partial charge in [-0.15, -0.1) is 11.3 Å². The summed E-state index contributed by atoms with van der Waals surface area (Å²) in [6.45, 7) is 4.71. The van der Waals surface area contributed by atoms with Crippen LogP contribution in [0.1, 0.15) is 23.7 Å². The fraction of sp³-hybridized carbons (Fsp3) is 0.421. The molecule has 3 rings (SSSR count). The monoisotopic (exact) mass is 373 g/mol. The van der Waals surface area contributed by atoms with Crippen molar-refractivity contribution in [2.45, 2.75) is 13.3 Å². The number of carbonyl (C=O) groups excluding carboxylic acids is 2. The largest absolute Gasteiger partial charge is 0.497 e. The predicted molar refractivity (Wildman–Crippen MR) is 102 cm³/mol. The highest BCUT2D eigenvalue weighted by Gasteiger charge is 2.27. The molecule has 1 saturated heterocycles. The van der Waals surface area contributed by atoms with Gasteiger partial charge in [0.25, 0.3) is 0 Å². The topological polar surface area (TPSA) is 62.7 Å². The predicted octanol–water partition coefficient (Wildman–Crippen LogP) is 2.71. The quantitative estimate of drug-likeness (QED) is 0.729. The molecule has 1 fully saturated rings. The lowest BCUT2D eigenvalue weighted by Gasteiger charge is -2.35. The Hall–Kier alpha value is -2.41. The number of methoxy groups -OCH3 is 1. The van der Waals surface area contributed by atoms with E-state index in [0.717, 1.165) is 18.2 Å². The molecule has 1 aliphatic rings. The number of piperazine rings is 1. The van der Waals surface area contributed by atoms with E-state index >= 15 is 0 Å². The summed E-state index contributed by atoms with van der Waals surface area (Å²) in [6, 6.07) is 7.01. The van der Waals surface area contributed by atoms with Gasteiger partial charge in [0.05, 0.1) is 7.11 Å². The number of benzene rings is 1. The minimum Gasteiger partial charge on any atom is -0.497 e. The van der Waals surface area contributed by atoms with Crippen molar-refractivity contribution in [3.8, 4) is 5.75 Å². The van der Waals surface area contributed by atoms with Gasteiger partial charge in [-0.2, -0.15) is 0 Å². The summed E-state index contributed by atoms with van der Waals surface area (Å²) in [5, 5.41) is 2.96. The van der Waals surface area contributed by atoms with E-state index in [4.69, 9.17) is 4.74 Å². The molecule has 0 saturated carbocycles. The lowest BCUT2D eigenvalue weighted by molar-refractivity contribution is -0.135. The van der Waals surface area contributed by atoms with E-state index in [1.807, 2.05) is 17.2 Å². The second-order valence-electron chi connectivity index (χ2n) is 6.38. The number of nitrogens with zero attached hydrogens (tertiary/aromatic N) is 3. The van der Waals surface area contributed by atoms with Crippen LogP contribution in [0.3, 0.4) is 0 Å². The van der Waals surface area contributed by atoms with E-state index in [2.05, 4.69) is 9.88 Å². The molecule has 7 heteroatoms. The van der Waals surface area contributed by atoms with Crippen molar-refractivity contribution in [3.05, 3.63) is 41.4 Å². The van der Waals surface area contributed by atoms with Crippen LogP contribution in [-0.4, -0.2) is 54.9 Å². The average molecular weight is 373 g/mol. The molecule has 2 heterocycles. The molecular weight excluding hydrogens is 350 g/mol. The molecule has 0 unspecified atom stereocenters. The molecule has 138 valence electrons. The van der Waals surface area contributed by atoms with Crippen LogP contribution >= 0.6 is 11.3 Å². The van der Waals surface area contributed by atoms with Crippen molar-refractivity contribution in [2.75, 3.05) is 38.2 Å². The number of ketones is 1. The Bertz CT molecular complexity index is 738. The zero-order valence-electron chi connectivity index (χ0n) is 15.1. The van der Waals surface area contributed by atoms with Gasteiger partial charge in [-0.25, -0.2) is 4.98 Å². The lowest BCUT2D eigenvalue weighted by atomic mass is 9.98. The van der Waals surface area contributed by atoms with Crippen molar-refractivity contribution in [1.29, 1.82) is 0 Å². The molecule has 0 aliphatic carbocycles. The highest BCUT2D eigenvalue weighted by Crippen LogP contribution is 2.21. The Kier molecular flexibility index (Phi) is 5.88. The van der Waals surface area contributed by atoms with E-state index in [1.54, 1.807) is 48.9 Å². The van der Waals surface area contributed by atoms with Gasteiger partial charge >= 0.3 is 0 Å². The number of carbonyl (C=O) groups is 2. The summed E-state index contributed by atoms with van der Waals surface area (Å²) >= 11 is 1.61. The number of Topliss-reactive ketones (excluding diaryl/α,β-unsaturated/α-hetero) is 1. The van der Waals surface area contributed by atoms with Crippen molar-refractivity contribution >= 4 is 28.2 Å². The van der Waals surface area contributed by atoms with Gasteiger partial charge in [0.15, 0.2) is 10.9 Å². The molecule has 1 atom stereocenters. The number of amides is 1. The molecule has 1 amide bonds. The molecular formula is C19H23N3O3S. The van der Waals surface area contributed by atoms with Gasteiger partial charge in [-0.3, -0.25) is 9.59 Å². The third-order valence-electron chi connectivity index (χ3n) is 4.61. The number of hydrogen-bond acceptors (Lipinski definition) is 6. The number of aromatic nitrogens is 1. The SMILES string of the molecule is COc1ccc(C(=O)C[C@@H](C)C(=O)N2CCN(c3nccs3)CC2)cc1. The van der Waals surface area contributed by atoms with Crippen LogP contribution in [0.25, 0.3) is 0 Å². The van der Waals surface area contributed by atoms with Crippen LogP contribution in [0.4, 0.5) is 5.13 Å². The highest BCUT2D eigenvalue weighted by atomic mass is 32.1. The van der Waals surface area contributed by atoms with E-state index in [1.165, 1.54) is 0 Å². The smallest absolute Gasteiger partial charge is 0.225 e. The van der Waals surface area contributed by atoms with E-state index in [-0.39, 0.29) is 24.0 Å².